The molecule has 0 spiro atoms. The van der Waals surface area contributed by atoms with E-state index in [0.29, 0.717) is 18.8 Å². The average Bonchev–Trinajstić information content (AvgIpc) is 3.24. The number of aromatic nitrogens is 4. The molecule has 0 bridgehead atoms. The smallest absolute Gasteiger partial charge is 0.274 e. The molecule has 2 aliphatic heterocycles. The van der Waals surface area contributed by atoms with Crippen LogP contribution in [0.15, 0.2) is 12.4 Å². The number of H-pyrrole nitrogens is 2. The summed E-state index contributed by atoms with van der Waals surface area (Å²) >= 11 is 0. The molecule has 0 unspecified atom stereocenters. The monoisotopic (exact) mass is 344 g/mol. The number of hydrogen-bond acceptors (Lipinski definition) is 5. The molecule has 2 atom stereocenters. The van der Waals surface area contributed by atoms with Crippen molar-refractivity contribution in [2.24, 2.45) is 0 Å². The number of piperazine rings is 1. The van der Waals surface area contributed by atoms with Gasteiger partial charge in [0.15, 0.2) is 5.69 Å². The van der Waals surface area contributed by atoms with E-state index >= 15 is 0 Å². The lowest BCUT2D eigenvalue weighted by atomic mass is 9.99. The second-order valence-electron chi connectivity index (χ2n) is 6.86. The quantitative estimate of drug-likeness (QED) is 0.871. The highest BCUT2D eigenvalue weighted by molar-refractivity contribution is 5.94. The lowest BCUT2D eigenvalue weighted by molar-refractivity contribution is -0.00704. The molecule has 0 aliphatic carbocycles. The molecule has 4 heterocycles. The maximum Gasteiger partial charge on any atom is 0.274 e. The molecule has 2 N–H and O–H groups in total. The Bertz CT molecular complexity index is 732. The van der Waals surface area contributed by atoms with Gasteiger partial charge >= 0.3 is 0 Å². The summed E-state index contributed by atoms with van der Waals surface area (Å²) in [6.07, 6.45) is 4.40. The van der Waals surface area contributed by atoms with E-state index in [-0.39, 0.29) is 18.1 Å². The average molecular weight is 344 g/mol. The van der Waals surface area contributed by atoms with Crippen molar-refractivity contribution in [3.63, 3.8) is 0 Å². The molecular weight excluding hydrogens is 320 g/mol. The molecule has 8 nitrogen and oxygen atoms in total. The topological polar surface area (TPSA) is 90.1 Å². The second kappa shape index (κ2) is 6.61. The number of amides is 1. The summed E-state index contributed by atoms with van der Waals surface area (Å²) < 4.78 is 5.80. The first-order valence-corrected chi connectivity index (χ1v) is 8.84. The molecule has 2 aliphatic rings. The summed E-state index contributed by atoms with van der Waals surface area (Å²) in [5, 5.41) is 7.32. The Hall–Kier alpha value is -2.19. The van der Waals surface area contributed by atoms with Crippen LogP contribution in [-0.4, -0.2) is 68.2 Å². The van der Waals surface area contributed by atoms with Crippen molar-refractivity contribution in [3.8, 4) is 0 Å². The van der Waals surface area contributed by atoms with Gasteiger partial charge in [0.2, 0.25) is 0 Å². The lowest BCUT2D eigenvalue weighted by Gasteiger charge is -2.34. The van der Waals surface area contributed by atoms with Gasteiger partial charge in [0, 0.05) is 50.6 Å². The number of hydrogen-bond donors (Lipinski definition) is 2. The molecular formula is C17H24N6O2. The highest BCUT2D eigenvalue weighted by atomic mass is 16.5. The van der Waals surface area contributed by atoms with Crippen LogP contribution >= 0.6 is 0 Å². The van der Waals surface area contributed by atoms with Gasteiger partial charge in [-0.25, -0.2) is 4.98 Å². The minimum Gasteiger partial charge on any atom is -0.369 e. The van der Waals surface area contributed by atoms with Crippen molar-refractivity contribution in [2.45, 2.75) is 39.0 Å². The van der Waals surface area contributed by atoms with Crippen LogP contribution in [-0.2, 0) is 17.7 Å². The molecule has 2 aromatic heterocycles. The number of aromatic amines is 2. The Morgan fingerprint density at radius 1 is 1.32 bits per heavy atom. The molecule has 0 radical (unpaired) electrons. The molecule has 4 rings (SSSR count). The number of fused-ring (bicyclic) bond motifs is 1. The third-order valence-electron chi connectivity index (χ3n) is 5.02. The fourth-order valence-electron chi connectivity index (χ4n) is 3.71. The summed E-state index contributed by atoms with van der Waals surface area (Å²) in [4.78, 5) is 24.5. The van der Waals surface area contributed by atoms with Crippen LogP contribution in [0.5, 0.6) is 0 Å². The maximum atomic E-state index is 12.9. The number of nitrogens with one attached hydrogen (secondary N) is 2. The Balaban J connectivity index is 1.41. The predicted molar refractivity (Wildman–Crippen MR) is 91.0 cm³/mol. The highest BCUT2D eigenvalue weighted by Crippen LogP contribution is 2.30. The van der Waals surface area contributed by atoms with Crippen LogP contribution in [0.4, 0.5) is 0 Å². The zero-order chi connectivity index (χ0) is 17.4. The van der Waals surface area contributed by atoms with Crippen molar-refractivity contribution in [2.75, 3.05) is 26.2 Å². The Kier molecular flexibility index (Phi) is 4.30. The molecule has 25 heavy (non-hydrogen) atoms. The van der Waals surface area contributed by atoms with E-state index in [4.69, 9.17) is 4.74 Å². The van der Waals surface area contributed by atoms with E-state index in [1.807, 2.05) is 24.9 Å². The standard InChI is InChI=1S/C17H24N6O2/c1-11-9-13-15(12(2)25-11)20-21-16(13)17(24)23-7-5-22(6-8-23)10-14-18-3-4-19-14/h3-4,11-12H,5-10H2,1-2H3,(H,18,19)(H,20,21)/t11-,12+/m1/s1. The highest BCUT2D eigenvalue weighted by Gasteiger charge is 2.32. The fourth-order valence-corrected chi connectivity index (χ4v) is 3.71. The van der Waals surface area contributed by atoms with Crippen LogP contribution in [0.25, 0.3) is 0 Å². The Morgan fingerprint density at radius 2 is 2.12 bits per heavy atom. The van der Waals surface area contributed by atoms with Gasteiger partial charge in [-0.3, -0.25) is 14.8 Å². The first kappa shape index (κ1) is 16.3. The van der Waals surface area contributed by atoms with Crippen LogP contribution in [0, 0.1) is 0 Å². The first-order valence-electron chi connectivity index (χ1n) is 8.84. The maximum absolute atomic E-state index is 12.9. The van der Waals surface area contributed by atoms with Crippen LogP contribution < -0.4 is 0 Å². The summed E-state index contributed by atoms with van der Waals surface area (Å²) in [5.74, 6) is 0.987. The summed E-state index contributed by atoms with van der Waals surface area (Å²) in [5.41, 5.74) is 2.53. The van der Waals surface area contributed by atoms with Gasteiger partial charge in [-0.05, 0) is 13.8 Å². The number of ether oxygens (including phenoxy) is 1. The summed E-state index contributed by atoms with van der Waals surface area (Å²) in [7, 11) is 0. The predicted octanol–water partition coefficient (Wildman–Crippen LogP) is 1.11. The molecule has 2 aromatic rings. The third-order valence-corrected chi connectivity index (χ3v) is 5.02. The van der Waals surface area contributed by atoms with Gasteiger partial charge in [0.25, 0.3) is 5.91 Å². The van der Waals surface area contributed by atoms with E-state index < -0.39 is 0 Å². The van der Waals surface area contributed by atoms with E-state index in [2.05, 4.69) is 25.1 Å². The number of nitrogens with zero attached hydrogens (tertiary/aromatic N) is 4. The van der Waals surface area contributed by atoms with Gasteiger partial charge in [-0.2, -0.15) is 5.10 Å². The van der Waals surface area contributed by atoms with Gasteiger partial charge in [0.1, 0.15) is 5.82 Å². The number of carbonyl (C=O) groups is 1. The Labute approximate surface area is 146 Å². The van der Waals surface area contributed by atoms with Crippen LogP contribution in [0.3, 0.4) is 0 Å². The molecule has 8 heteroatoms. The number of carbonyl (C=O) groups excluding carboxylic acids is 1. The van der Waals surface area contributed by atoms with E-state index in [1.165, 1.54) is 0 Å². The molecule has 1 fully saturated rings. The summed E-state index contributed by atoms with van der Waals surface area (Å²) in [6, 6.07) is 0. The molecule has 1 saturated heterocycles. The van der Waals surface area contributed by atoms with E-state index in [9.17, 15) is 4.79 Å². The molecule has 1 amide bonds. The van der Waals surface area contributed by atoms with Crippen molar-refractivity contribution in [3.05, 3.63) is 35.2 Å². The van der Waals surface area contributed by atoms with Crippen molar-refractivity contribution < 1.29 is 9.53 Å². The Morgan fingerprint density at radius 3 is 2.84 bits per heavy atom. The zero-order valence-electron chi connectivity index (χ0n) is 14.7. The zero-order valence-corrected chi connectivity index (χ0v) is 14.7. The molecule has 0 aromatic carbocycles. The second-order valence-corrected chi connectivity index (χ2v) is 6.86. The minimum absolute atomic E-state index is 0.0245. The van der Waals surface area contributed by atoms with Crippen molar-refractivity contribution >= 4 is 5.91 Å². The van der Waals surface area contributed by atoms with Gasteiger partial charge in [0.05, 0.1) is 24.4 Å². The third kappa shape index (κ3) is 3.19. The molecule has 0 saturated carbocycles. The normalized spacial score (nSPS) is 24.3. The van der Waals surface area contributed by atoms with Crippen LogP contribution in [0.2, 0.25) is 0 Å². The van der Waals surface area contributed by atoms with Gasteiger partial charge in [-0.15, -0.1) is 0 Å². The fraction of sp³-hybridized carbons (Fsp3) is 0.588. The largest absolute Gasteiger partial charge is 0.369 e. The SMILES string of the molecule is C[C@@H]1Cc2c(C(=O)N3CCN(Cc4ncc[nH]4)CC3)n[nH]c2[C@H](C)O1. The van der Waals surface area contributed by atoms with Crippen molar-refractivity contribution in [1.82, 2.24) is 30.0 Å². The number of imidazole rings is 1. The summed E-state index contributed by atoms with van der Waals surface area (Å²) in [6.45, 7) is 7.93. The minimum atomic E-state index is -0.0436. The van der Waals surface area contributed by atoms with E-state index in [0.717, 1.165) is 43.1 Å². The van der Waals surface area contributed by atoms with Crippen LogP contribution in [0.1, 0.15) is 47.5 Å². The van der Waals surface area contributed by atoms with Crippen molar-refractivity contribution in [1.29, 1.82) is 0 Å². The van der Waals surface area contributed by atoms with E-state index in [1.54, 1.807) is 6.20 Å². The molecule has 134 valence electrons. The number of rotatable bonds is 3. The van der Waals surface area contributed by atoms with Gasteiger partial charge in [-0.1, -0.05) is 0 Å². The lowest BCUT2D eigenvalue weighted by Crippen LogP contribution is -2.48. The first-order chi connectivity index (χ1) is 12.1. The van der Waals surface area contributed by atoms with Gasteiger partial charge < -0.3 is 14.6 Å².